The number of rotatable bonds is 7. The number of para-hydroxylation sites is 1. The van der Waals surface area contributed by atoms with E-state index in [2.05, 4.69) is 17.6 Å². The highest BCUT2D eigenvalue weighted by molar-refractivity contribution is 6.33. The maximum absolute atomic E-state index is 13.9. The summed E-state index contributed by atoms with van der Waals surface area (Å²) < 4.78 is 13.9. The predicted octanol–water partition coefficient (Wildman–Crippen LogP) is 7.17. The van der Waals surface area contributed by atoms with Gasteiger partial charge < -0.3 is 10.6 Å². The monoisotopic (exact) mass is 386 g/mol. The molecule has 0 aliphatic heterocycles. The van der Waals surface area contributed by atoms with Gasteiger partial charge in [-0.05, 0) is 80.0 Å². The van der Waals surface area contributed by atoms with Crippen LogP contribution in [0, 0.1) is 5.82 Å². The Kier molecular flexibility index (Phi) is 7.17. The van der Waals surface area contributed by atoms with E-state index < -0.39 is 0 Å². The van der Waals surface area contributed by atoms with E-state index in [4.69, 9.17) is 11.6 Å². The van der Waals surface area contributed by atoms with Crippen LogP contribution in [0.1, 0.15) is 51.0 Å². The fourth-order valence-electron chi connectivity index (χ4n) is 3.59. The quantitative estimate of drug-likeness (QED) is 0.526. The minimum Gasteiger partial charge on any atom is -0.385 e. The molecule has 2 aromatic carbocycles. The van der Waals surface area contributed by atoms with Gasteiger partial charge in [-0.25, -0.2) is 4.39 Å². The minimum absolute atomic E-state index is 0.179. The van der Waals surface area contributed by atoms with E-state index in [1.54, 1.807) is 6.07 Å². The molecular weight excluding hydrogens is 359 g/mol. The molecule has 0 bridgehead atoms. The summed E-state index contributed by atoms with van der Waals surface area (Å²) in [4.78, 5) is 0. The van der Waals surface area contributed by atoms with Crippen molar-refractivity contribution in [2.45, 2.75) is 51.9 Å². The predicted molar refractivity (Wildman–Crippen MR) is 114 cm³/mol. The molecule has 0 unspecified atom stereocenters. The molecule has 1 aliphatic rings. The van der Waals surface area contributed by atoms with E-state index in [1.165, 1.54) is 36.6 Å². The van der Waals surface area contributed by atoms with Crippen LogP contribution < -0.4 is 10.6 Å². The summed E-state index contributed by atoms with van der Waals surface area (Å²) in [6.45, 7) is 3.03. The van der Waals surface area contributed by atoms with E-state index in [1.807, 2.05) is 30.3 Å². The molecule has 0 saturated carbocycles. The summed E-state index contributed by atoms with van der Waals surface area (Å²) in [6.07, 6.45) is 7.41. The largest absolute Gasteiger partial charge is 0.385 e. The number of nitrogens with one attached hydrogen (secondary N) is 2. The first-order valence-corrected chi connectivity index (χ1v) is 10.3. The lowest BCUT2D eigenvalue weighted by molar-refractivity contribution is 0.625. The second-order valence-corrected chi connectivity index (χ2v) is 7.56. The molecule has 0 heterocycles. The third-order valence-electron chi connectivity index (χ3n) is 5.03. The molecule has 27 heavy (non-hydrogen) atoms. The van der Waals surface area contributed by atoms with Gasteiger partial charge in [-0.15, -0.1) is 0 Å². The standard InChI is InChI=1S/C23H28ClFN2/c1-2-14-26-21-13-12-19(25)16-18(21)15-17-8-4-3-5-10-22(17)27-23-11-7-6-9-20(23)24/h6-7,9,11-13,16,26-27H,2-5,8,10,14-15H2,1H3. The van der Waals surface area contributed by atoms with Gasteiger partial charge in [0.1, 0.15) is 5.82 Å². The Labute approximate surface area is 166 Å². The SMILES string of the molecule is CCCNc1ccc(F)cc1CC1=C(Nc2ccccc2Cl)CCCCC1. The molecular formula is C23H28ClFN2. The second kappa shape index (κ2) is 9.80. The van der Waals surface area contributed by atoms with Crippen molar-refractivity contribution in [3.05, 3.63) is 70.1 Å². The molecule has 0 aromatic heterocycles. The van der Waals surface area contributed by atoms with Crippen LogP contribution in [0.2, 0.25) is 5.02 Å². The van der Waals surface area contributed by atoms with E-state index in [0.29, 0.717) is 0 Å². The highest BCUT2D eigenvalue weighted by Crippen LogP contribution is 2.32. The van der Waals surface area contributed by atoms with Crippen molar-refractivity contribution in [3.63, 3.8) is 0 Å². The third kappa shape index (κ3) is 5.49. The van der Waals surface area contributed by atoms with Crippen molar-refractivity contribution < 1.29 is 4.39 Å². The average molecular weight is 387 g/mol. The van der Waals surface area contributed by atoms with Crippen molar-refractivity contribution in [2.75, 3.05) is 17.2 Å². The van der Waals surface area contributed by atoms with Crippen LogP contribution in [-0.2, 0) is 6.42 Å². The Morgan fingerprint density at radius 2 is 1.81 bits per heavy atom. The summed E-state index contributed by atoms with van der Waals surface area (Å²) in [6, 6.07) is 12.9. The average Bonchev–Trinajstić information content (AvgIpc) is 2.88. The molecule has 0 amide bonds. The van der Waals surface area contributed by atoms with Gasteiger partial charge >= 0.3 is 0 Å². The smallest absolute Gasteiger partial charge is 0.123 e. The molecule has 0 saturated heterocycles. The Morgan fingerprint density at radius 3 is 2.63 bits per heavy atom. The second-order valence-electron chi connectivity index (χ2n) is 7.15. The van der Waals surface area contributed by atoms with Gasteiger partial charge in [0.25, 0.3) is 0 Å². The number of hydrogen-bond acceptors (Lipinski definition) is 2. The molecule has 2 aromatic rings. The molecule has 0 atom stereocenters. The first kappa shape index (κ1) is 19.8. The van der Waals surface area contributed by atoms with Gasteiger partial charge in [0, 0.05) is 17.9 Å². The molecule has 0 fully saturated rings. The maximum atomic E-state index is 13.9. The van der Waals surface area contributed by atoms with Crippen molar-refractivity contribution >= 4 is 23.0 Å². The molecule has 2 nitrogen and oxygen atoms in total. The van der Waals surface area contributed by atoms with Crippen molar-refractivity contribution in [1.82, 2.24) is 0 Å². The zero-order chi connectivity index (χ0) is 19.1. The molecule has 0 radical (unpaired) electrons. The van der Waals surface area contributed by atoms with Gasteiger partial charge in [0.15, 0.2) is 0 Å². The van der Waals surface area contributed by atoms with Crippen LogP contribution in [0.3, 0.4) is 0 Å². The van der Waals surface area contributed by atoms with E-state index >= 15 is 0 Å². The topological polar surface area (TPSA) is 24.1 Å². The van der Waals surface area contributed by atoms with Crippen LogP contribution in [0.5, 0.6) is 0 Å². The van der Waals surface area contributed by atoms with E-state index in [0.717, 1.165) is 54.2 Å². The maximum Gasteiger partial charge on any atom is 0.123 e. The summed E-state index contributed by atoms with van der Waals surface area (Å²) in [5.41, 5.74) is 5.60. The van der Waals surface area contributed by atoms with Crippen molar-refractivity contribution in [3.8, 4) is 0 Å². The van der Waals surface area contributed by atoms with E-state index in [9.17, 15) is 4.39 Å². The number of benzene rings is 2. The molecule has 0 spiro atoms. The van der Waals surface area contributed by atoms with Crippen LogP contribution in [0.25, 0.3) is 0 Å². The number of halogens is 2. The highest BCUT2D eigenvalue weighted by atomic mass is 35.5. The molecule has 4 heteroatoms. The lowest BCUT2D eigenvalue weighted by atomic mass is 9.97. The van der Waals surface area contributed by atoms with Crippen LogP contribution in [-0.4, -0.2) is 6.54 Å². The van der Waals surface area contributed by atoms with Gasteiger partial charge in [-0.2, -0.15) is 0 Å². The van der Waals surface area contributed by atoms with Crippen LogP contribution >= 0.6 is 11.6 Å². The van der Waals surface area contributed by atoms with E-state index in [-0.39, 0.29) is 5.82 Å². The Bertz CT molecular complexity index is 801. The number of hydrogen-bond donors (Lipinski definition) is 2. The lowest BCUT2D eigenvalue weighted by Crippen LogP contribution is -2.08. The number of anilines is 2. The summed E-state index contributed by atoms with van der Waals surface area (Å²) in [7, 11) is 0. The molecule has 144 valence electrons. The summed E-state index contributed by atoms with van der Waals surface area (Å²) >= 11 is 6.35. The fraction of sp³-hybridized carbons (Fsp3) is 0.391. The Hall–Kier alpha value is -2.00. The molecule has 1 aliphatic carbocycles. The zero-order valence-corrected chi connectivity index (χ0v) is 16.7. The summed E-state index contributed by atoms with van der Waals surface area (Å²) in [5.74, 6) is -0.179. The van der Waals surface area contributed by atoms with Crippen LogP contribution in [0.4, 0.5) is 15.8 Å². The molecule has 3 rings (SSSR count). The van der Waals surface area contributed by atoms with Gasteiger partial charge in [0.05, 0.1) is 10.7 Å². The normalized spacial score (nSPS) is 14.8. The lowest BCUT2D eigenvalue weighted by Gasteiger charge is -2.18. The Balaban J connectivity index is 1.90. The minimum atomic E-state index is -0.179. The number of allylic oxidation sites excluding steroid dienone is 2. The summed E-state index contributed by atoms with van der Waals surface area (Å²) in [5, 5.41) is 7.74. The first-order chi connectivity index (χ1) is 13.2. The van der Waals surface area contributed by atoms with Gasteiger partial charge in [-0.1, -0.05) is 37.1 Å². The van der Waals surface area contributed by atoms with Gasteiger partial charge in [0.2, 0.25) is 0 Å². The van der Waals surface area contributed by atoms with Gasteiger partial charge in [-0.3, -0.25) is 0 Å². The third-order valence-corrected chi connectivity index (χ3v) is 5.36. The Morgan fingerprint density at radius 1 is 1.00 bits per heavy atom. The molecule has 2 N–H and O–H groups in total. The fourth-order valence-corrected chi connectivity index (χ4v) is 3.77. The first-order valence-electron chi connectivity index (χ1n) is 9.92. The zero-order valence-electron chi connectivity index (χ0n) is 16.0. The van der Waals surface area contributed by atoms with Crippen LogP contribution in [0.15, 0.2) is 53.7 Å². The van der Waals surface area contributed by atoms with Crippen molar-refractivity contribution in [1.29, 1.82) is 0 Å². The van der Waals surface area contributed by atoms with Crippen molar-refractivity contribution in [2.24, 2.45) is 0 Å². The highest BCUT2D eigenvalue weighted by Gasteiger charge is 2.15.